The van der Waals surface area contributed by atoms with E-state index in [4.69, 9.17) is 15.2 Å². The third-order valence-corrected chi connectivity index (χ3v) is 4.55. The molecule has 1 fully saturated rings. The number of rotatable bonds is 7. The maximum atomic E-state index is 14.2. The number of ether oxygens (including phenoxy) is 2. The van der Waals surface area contributed by atoms with Crippen molar-refractivity contribution in [3.05, 3.63) is 59.4 Å². The van der Waals surface area contributed by atoms with Gasteiger partial charge in [-0.3, -0.25) is 4.79 Å². The van der Waals surface area contributed by atoms with Crippen LogP contribution in [0.15, 0.2) is 42.5 Å². The highest BCUT2D eigenvalue weighted by Crippen LogP contribution is 2.24. The minimum absolute atomic E-state index is 0.0611. The molecule has 0 radical (unpaired) electrons. The van der Waals surface area contributed by atoms with Crippen LogP contribution in [0, 0.1) is 5.82 Å². The average Bonchev–Trinajstić information content (AvgIpc) is 3.12. The molecule has 0 unspecified atom stereocenters. The summed E-state index contributed by atoms with van der Waals surface area (Å²) < 4.78 is 25.2. The summed E-state index contributed by atoms with van der Waals surface area (Å²) in [6.45, 7) is 1.81. The number of halogens is 1. The number of hydrogen-bond acceptors (Lipinski definition) is 5. The van der Waals surface area contributed by atoms with Crippen LogP contribution in [0.5, 0.6) is 11.5 Å². The highest BCUT2D eigenvalue weighted by atomic mass is 19.1. The molecule has 2 aromatic carbocycles. The van der Waals surface area contributed by atoms with Crippen molar-refractivity contribution < 1.29 is 18.7 Å². The smallest absolute Gasteiger partial charge is 0.254 e. The molecule has 0 aromatic heterocycles. The number of nitrogens with two attached hydrogens (primary N) is 1. The van der Waals surface area contributed by atoms with Gasteiger partial charge in [-0.15, -0.1) is 0 Å². The summed E-state index contributed by atoms with van der Waals surface area (Å²) in [5.41, 5.74) is 6.59. The van der Waals surface area contributed by atoms with Gasteiger partial charge in [0.25, 0.3) is 5.91 Å². The fourth-order valence-corrected chi connectivity index (χ4v) is 3.06. The van der Waals surface area contributed by atoms with Crippen LogP contribution in [0.3, 0.4) is 0 Å². The molecule has 4 N–H and O–H groups in total. The summed E-state index contributed by atoms with van der Waals surface area (Å²) in [5.74, 6) is -0.0980. The highest BCUT2D eigenvalue weighted by Gasteiger charge is 2.29. The molecule has 1 saturated heterocycles. The third kappa shape index (κ3) is 4.82. The average molecular weight is 373 g/mol. The van der Waals surface area contributed by atoms with Gasteiger partial charge in [-0.05, 0) is 48.9 Å². The van der Waals surface area contributed by atoms with E-state index in [2.05, 4.69) is 10.6 Å². The van der Waals surface area contributed by atoms with Crippen LogP contribution in [-0.4, -0.2) is 44.8 Å². The maximum absolute atomic E-state index is 14.2. The number of carbonyl (C=O) groups excluding carboxylic acids is 1. The van der Waals surface area contributed by atoms with Gasteiger partial charge < -0.3 is 25.8 Å². The van der Waals surface area contributed by atoms with Gasteiger partial charge in [-0.25, -0.2) is 4.39 Å². The zero-order chi connectivity index (χ0) is 19.2. The number of amides is 1. The second kappa shape index (κ2) is 8.94. The summed E-state index contributed by atoms with van der Waals surface area (Å²) in [6, 6.07) is 11.4. The molecule has 0 bridgehead atoms. The first-order chi connectivity index (χ1) is 13.1. The predicted octanol–water partition coefficient (Wildman–Crippen LogP) is 1.84. The summed E-state index contributed by atoms with van der Waals surface area (Å²) in [4.78, 5) is 12.5. The Morgan fingerprint density at radius 3 is 2.67 bits per heavy atom. The van der Waals surface area contributed by atoms with E-state index >= 15 is 0 Å². The van der Waals surface area contributed by atoms with Gasteiger partial charge >= 0.3 is 0 Å². The lowest BCUT2D eigenvalue weighted by Crippen LogP contribution is -2.43. The molecule has 0 spiro atoms. The quantitative estimate of drug-likeness (QED) is 0.690. The normalized spacial score (nSPS) is 19.1. The number of benzene rings is 2. The van der Waals surface area contributed by atoms with Crippen LogP contribution in [-0.2, 0) is 11.2 Å². The summed E-state index contributed by atoms with van der Waals surface area (Å²) in [6.07, 6.45) is 0.656. The summed E-state index contributed by atoms with van der Waals surface area (Å²) in [5, 5.41) is 5.95. The molecule has 144 valence electrons. The van der Waals surface area contributed by atoms with Gasteiger partial charge in [-0.2, -0.15) is 0 Å². The van der Waals surface area contributed by atoms with Crippen molar-refractivity contribution in [1.82, 2.24) is 10.6 Å². The molecular formula is C20H24FN3O3. The molecule has 2 aromatic rings. The second-order valence-corrected chi connectivity index (χ2v) is 6.44. The van der Waals surface area contributed by atoms with E-state index in [1.165, 1.54) is 18.2 Å². The predicted molar refractivity (Wildman–Crippen MR) is 101 cm³/mol. The van der Waals surface area contributed by atoms with Crippen molar-refractivity contribution >= 4 is 5.91 Å². The van der Waals surface area contributed by atoms with Crippen molar-refractivity contribution in [3.63, 3.8) is 0 Å². The Balaban J connectivity index is 1.70. The molecule has 27 heavy (non-hydrogen) atoms. The molecule has 0 aliphatic carbocycles. The largest absolute Gasteiger partial charge is 0.457 e. The monoisotopic (exact) mass is 373 g/mol. The fraction of sp³-hybridized carbons (Fsp3) is 0.350. The molecule has 2 atom stereocenters. The maximum Gasteiger partial charge on any atom is 0.254 e. The van der Waals surface area contributed by atoms with Crippen LogP contribution in [0.4, 0.5) is 4.39 Å². The Labute approximate surface area is 157 Å². The van der Waals surface area contributed by atoms with Gasteiger partial charge in [0.2, 0.25) is 0 Å². The molecule has 7 heteroatoms. The molecule has 1 heterocycles. The minimum atomic E-state index is -0.599. The Bertz CT molecular complexity index is 783. The molecule has 3 rings (SSSR count). The minimum Gasteiger partial charge on any atom is -0.457 e. The lowest BCUT2D eigenvalue weighted by Gasteiger charge is -2.19. The van der Waals surface area contributed by atoms with E-state index in [0.717, 1.165) is 12.0 Å². The lowest BCUT2D eigenvalue weighted by molar-refractivity contribution is 0.0777. The Morgan fingerprint density at radius 1 is 1.22 bits per heavy atom. The molecule has 6 nitrogen and oxygen atoms in total. The van der Waals surface area contributed by atoms with Crippen molar-refractivity contribution in [2.75, 3.05) is 26.7 Å². The van der Waals surface area contributed by atoms with Crippen LogP contribution < -0.4 is 21.1 Å². The summed E-state index contributed by atoms with van der Waals surface area (Å²) in [7, 11) is 1.59. The number of methoxy groups -OCH3 is 1. The van der Waals surface area contributed by atoms with Crippen molar-refractivity contribution in [2.45, 2.75) is 18.6 Å². The fourth-order valence-electron chi connectivity index (χ4n) is 3.06. The first kappa shape index (κ1) is 19.3. The van der Waals surface area contributed by atoms with E-state index in [-0.39, 0.29) is 17.7 Å². The molecule has 1 amide bonds. The van der Waals surface area contributed by atoms with Gasteiger partial charge in [-0.1, -0.05) is 12.1 Å². The number of hydrogen-bond donors (Lipinski definition) is 3. The van der Waals surface area contributed by atoms with Crippen molar-refractivity contribution in [1.29, 1.82) is 0 Å². The Kier molecular flexibility index (Phi) is 6.39. The van der Waals surface area contributed by atoms with Gasteiger partial charge in [0.15, 0.2) is 0 Å². The molecule has 1 aliphatic rings. The second-order valence-electron chi connectivity index (χ2n) is 6.44. The molecule has 0 saturated carbocycles. The molecule has 1 aliphatic heterocycles. The van der Waals surface area contributed by atoms with E-state index in [9.17, 15) is 9.18 Å². The van der Waals surface area contributed by atoms with E-state index in [1.54, 1.807) is 7.11 Å². The SMILES string of the molecule is CO[C@H]1CNC[C@@H]1NC(=O)c1cc(Oc2ccc(CCN)cc2)ccc1F. The van der Waals surface area contributed by atoms with Crippen LogP contribution >= 0.6 is 0 Å². The van der Waals surface area contributed by atoms with Crippen molar-refractivity contribution in [3.8, 4) is 11.5 Å². The van der Waals surface area contributed by atoms with Gasteiger partial charge in [0.1, 0.15) is 17.3 Å². The third-order valence-electron chi connectivity index (χ3n) is 4.55. The molecular weight excluding hydrogens is 349 g/mol. The number of carbonyl (C=O) groups is 1. The first-order valence-corrected chi connectivity index (χ1v) is 8.91. The Hall–Kier alpha value is -2.48. The van der Waals surface area contributed by atoms with Crippen LogP contribution in [0.2, 0.25) is 0 Å². The number of nitrogens with one attached hydrogen (secondary N) is 2. The lowest BCUT2D eigenvalue weighted by atomic mass is 10.1. The summed E-state index contributed by atoms with van der Waals surface area (Å²) >= 11 is 0. The Morgan fingerprint density at radius 2 is 1.96 bits per heavy atom. The van der Waals surface area contributed by atoms with E-state index < -0.39 is 11.7 Å². The van der Waals surface area contributed by atoms with E-state index in [1.807, 2.05) is 24.3 Å². The highest BCUT2D eigenvalue weighted by molar-refractivity contribution is 5.95. The first-order valence-electron chi connectivity index (χ1n) is 8.91. The van der Waals surface area contributed by atoms with Gasteiger partial charge in [0, 0.05) is 20.2 Å². The topological polar surface area (TPSA) is 85.6 Å². The zero-order valence-corrected chi connectivity index (χ0v) is 15.2. The van der Waals surface area contributed by atoms with Crippen molar-refractivity contribution in [2.24, 2.45) is 5.73 Å². The van der Waals surface area contributed by atoms with Crippen LogP contribution in [0.1, 0.15) is 15.9 Å². The zero-order valence-electron chi connectivity index (χ0n) is 15.2. The van der Waals surface area contributed by atoms with Gasteiger partial charge in [0.05, 0.1) is 17.7 Å². The van der Waals surface area contributed by atoms with E-state index in [0.29, 0.717) is 31.1 Å². The standard InChI is InChI=1S/C20H24FN3O3/c1-26-19-12-23-11-18(19)24-20(25)16-10-15(6-7-17(16)21)27-14-4-2-13(3-5-14)8-9-22/h2-7,10,18-19,23H,8-9,11-12,22H2,1H3,(H,24,25)/t18-,19-/m0/s1. The van der Waals surface area contributed by atoms with Crippen LogP contribution in [0.25, 0.3) is 0 Å².